The molecule has 0 saturated carbocycles. The van der Waals surface area contributed by atoms with Crippen LogP contribution in [-0.2, 0) is 0 Å². The summed E-state index contributed by atoms with van der Waals surface area (Å²) in [7, 11) is 0. The molecular weight excluding hydrogens is 252 g/mol. The summed E-state index contributed by atoms with van der Waals surface area (Å²) in [6, 6.07) is 12.7. The van der Waals surface area contributed by atoms with Gasteiger partial charge in [0.15, 0.2) is 0 Å². The van der Waals surface area contributed by atoms with Gasteiger partial charge in [-0.2, -0.15) is 0 Å². The summed E-state index contributed by atoms with van der Waals surface area (Å²) in [5.74, 6) is 0. The van der Waals surface area contributed by atoms with Gasteiger partial charge in [0.25, 0.3) is 5.56 Å². The van der Waals surface area contributed by atoms with Gasteiger partial charge in [-0.25, -0.2) is 9.36 Å². The van der Waals surface area contributed by atoms with E-state index in [1.165, 1.54) is 4.57 Å². The van der Waals surface area contributed by atoms with Gasteiger partial charge in [-0.3, -0.25) is 4.79 Å². The van der Waals surface area contributed by atoms with Gasteiger partial charge in [0.1, 0.15) is 0 Å². The zero-order valence-corrected chi connectivity index (χ0v) is 11.3. The van der Waals surface area contributed by atoms with Gasteiger partial charge in [0.2, 0.25) is 0 Å². The number of H-pyrrole nitrogens is 1. The summed E-state index contributed by atoms with van der Waals surface area (Å²) < 4.78 is 1.19. The van der Waals surface area contributed by atoms with Gasteiger partial charge >= 0.3 is 5.69 Å². The Balaban J connectivity index is 2.43. The normalized spacial score (nSPS) is 10.9. The van der Waals surface area contributed by atoms with Gasteiger partial charge in [-0.1, -0.05) is 29.8 Å². The smallest absolute Gasteiger partial charge is 0.306 e. The van der Waals surface area contributed by atoms with Crippen molar-refractivity contribution in [3.05, 3.63) is 74.4 Å². The average Bonchev–Trinajstić information content (AvgIpc) is 2.41. The van der Waals surface area contributed by atoms with Crippen LogP contribution in [0.15, 0.2) is 52.1 Å². The van der Waals surface area contributed by atoms with Crippen LogP contribution in [0.25, 0.3) is 16.6 Å². The van der Waals surface area contributed by atoms with E-state index >= 15 is 0 Å². The van der Waals surface area contributed by atoms with E-state index in [0.717, 1.165) is 11.1 Å². The Morgan fingerprint density at radius 3 is 2.50 bits per heavy atom. The number of nitrogens with zero attached hydrogens (tertiary/aromatic N) is 1. The number of para-hydroxylation sites is 1. The van der Waals surface area contributed by atoms with Gasteiger partial charge in [0, 0.05) is 0 Å². The highest BCUT2D eigenvalue weighted by Gasteiger charge is 2.10. The first kappa shape index (κ1) is 12.4. The summed E-state index contributed by atoms with van der Waals surface area (Å²) in [5.41, 5.74) is 2.46. The third-order valence-electron chi connectivity index (χ3n) is 3.40. The third kappa shape index (κ3) is 1.86. The molecular formula is C16H14N2O2. The number of rotatable bonds is 1. The number of benzene rings is 2. The fraction of sp³-hybridized carbons (Fsp3) is 0.125. The Morgan fingerprint density at radius 1 is 1.00 bits per heavy atom. The van der Waals surface area contributed by atoms with Crippen LogP contribution < -0.4 is 11.2 Å². The molecule has 3 aromatic rings. The second-order valence-corrected chi connectivity index (χ2v) is 4.91. The van der Waals surface area contributed by atoms with Crippen LogP contribution in [0.2, 0.25) is 0 Å². The van der Waals surface area contributed by atoms with Crippen LogP contribution in [0.4, 0.5) is 0 Å². The zero-order chi connectivity index (χ0) is 14.3. The molecule has 0 spiro atoms. The van der Waals surface area contributed by atoms with Crippen molar-refractivity contribution in [2.45, 2.75) is 13.8 Å². The second-order valence-electron chi connectivity index (χ2n) is 4.91. The fourth-order valence-electron chi connectivity index (χ4n) is 2.44. The minimum atomic E-state index is -0.416. The van der Waals surface area contributed by atoms with E-state index in [2.05, 4.69) is 4.98 Å². The van der Waals surface area contributed by atoms with Crippen molar-refractivity contribution in [2.75, 3.05) is 0 Å². The van der Waals surface area contributed by atoms with Gasteiger partial charge in [-0.15, -0.1) is 0 Å². The maximum Gasteiger partial charge on any atom is 0.333 e. The van der Waals surface area contributed by atoms with E-state index in [-0.39, 0.29) is 5.56 Å². The molecule has 1 aromatic heterocycles. The molecule has 0 aliphatic rings. The standard InChI is InChI=1S/C16H14N2O2/c1-10-7-8-14(11(2)9-10)18-15(19)12-5-3-4-6-13(12)17-16(18)20/h3-9H,1-2H3,(H,17,20). The van der Waals surface area contributed by atoms with Crippen molar-refractivity contribution in [1.29, 1.82) is 0 Å². The Morgan fingerprint density at radius 2 is 1.75 bits per heavy atom. The lowest BCUT2D eigenvalue weighted by Crippen LogP contribution is -2.34. The highest BCUT2D eigenvalue weighted by molar-refractivity contribution is 5.77. The van der Waals surface area contributed by atoms with Crippen LogP contribution in [0.1, 0.15) is 11.1 Å². The number of aromatic amines is 1. The molecule has 0 aliphatic heterocycles. The van der Waals surface area contributed by atoms with Crippen LogP contribution in [0.3, 0.4) is 0 Å². The highest BCUT2D eigenvalue weighted by atomic mass is 16.2. The minimum absolute atomic E-state index is 0.295. The van der Waals surface area contributed by atoms with Crippen molar-refractivity contribution in [3.8, 4) is 5.69 Å². The first-order chi connectivity index (χ1) is 9.58. The quantitative estimate of drug-likeness (QED) is 0.734. The van der Waals surface area contributed by atoms with E-state index < -0.39 is 5.69 Å². The SMILES string of the molecule is Cc1ccc(-n2c(=O)[nH]c3ccccc3c2=O)c(C)c1. The second kappa shape index (κ2) is 4.49. The molecule has 0 aliphatic carbocycles. The number of aromatic nitrogens is 2. The molecule has 0 unspecified atom stereocenters. The molecule has 2 aromatic carbocycles. The summed E-state index contributed by atoms with van der Waals surface area (Å²) in [4.78, 5) is 27.5. The molecule has 20 heavy (non-hydrogen) atoms. The molecule has 1 heterocycles. The van der Waals surface area contributed by atoms with E-state index in [9.17, 15) is 9.59 Å². The predicted octanol–water partition coefficient (Wildman–Crippen LogP) is 2.30. The Labute approximate surface area is 115 Å². The molecule has 0 bridgehead atoms. The molecule has 0 radical (unpaired) electrons. The summed E-state index contributed by atoms with van der Waals surface area (Å²) >= 11 is 0. The molecule has 100 valence electrons. The van der Waals surface area contributed by atoms with Crippen molar-refractivity contribution in [2.24, 2.45) is 0 Å². The zero-order valence-electron chi connectivity index (χ0n) is 11.3. The third-order valence-corrected chi connectivity index (χ3v) is 3.40. The first-order valence-electron chi connectivity index (χ1n) is 6.39. The van der Waals surface area contributed by atoms with E-state index in [1.807, 2.05) is 26.0 Å². The predicted molar refractivity (Wildman–Crippen MR) is 79.6 cm³/mol. The molecule has 0 fully saturated rings. The number of fused-ring (bicyclic) bond motifs is 1. The number of nitrogens with one attached hydrogen (secondary N) is 1. The summed E-state index contributed by atoms with van der Waals surface area (Å²) in [6.45, 7) is 3.87. The van der Waals surface area contributed by atoms with Gasteiger partial charge in [0.05, 0.1) is 16.6 Å². The molecule has 3 rings (SSSR count). The summed E-state index contributed by atoms with van der Waals surface area (Å²) in [6.07, 6.45) is 0. The first-order valence-corrected chi connectivity index (χ1v) is 6.39. The fourth-order valence-corrected chi connectivity index (χ4v) is 2.44. The lowest BCUT2D eigenvalue weighted by Gasteiger charge is -2.09. The monoisotopic (exact) mass is 266 g/mol. The molecule has 0 saturated heterocycles. The molecule has 4 heteroatoms. The van der Waals surface area contributed by atoms with Crippen LogP contribution in [0.5, 0.6) is 0 Å². The molecule has 1 N–H and O–H groups in total. The molecule has 4 nitrogen and oxygen atoms in total. The summed E-state index contributed by atoms with van der Waals surface area (Å²) in [5, 5.41) is 0.507. The molecule has 0 amide bonds. The molecule has 0 atom stereocenters. The Hall–Kier alpha value is -2.62. The highest BCUT2D eigenvalue weighted by Crippen LogP contribution is 2.13. The largest absolute Gasteiger partial charge is 0.333 e. The van der Waals surface area contributed by atoms with Crippen LogP contribution >= 0.6 is 0 Å². The topological polar surface area (TPSA) is 54.9 Å². The van der Waals surface area contributed by atoms with Gasteiger partial charge < -0.3 is 4.98 Å². The Bertz CT molecular complexity index is 920. The van der Waals surface area contributed by atoms with Crippen molar-refractivity contribution in [1.82, 2.24) is 9.55 Å². The average molecular weight is 266 g/mol. The van der Waals surface area contributed by atoms with Crippen LogP contribution in [0, 0.1) is 13.8 Å². The minimum Gasteiger partial charge on any atom is -0.306 e. The number of aryl methyl sites for hydroxylation is 2. The lowest BCUT2D eigenvalue weighted by atomic mass is 10.1. The van der Waals surface area contributed by atoms with Crippen LogP contribution in [-0.4, -0.2) is 9.55 Å². The van der Waals surface area contributed by atoms with E-state index in [0.29, 0.717) is 16.6 Å². The van der Waals surface area contributed by atoms with E-state index in [1.54, 1.807) is 30.3 Å². The van der Waals surface area contributed by atoms with Crippen molar-refractivity contribution in [3.63, 3.8) is 0 Å². The lowest BCUT2D eigenvalue weighted by molar-refractivity contribution is 0.893. The maximum absolute atomic E-state index is 12.5. The Kier molecular flexibility index (Phi) is 2.79. The van der Waals surface area contributed by atoms with Gasteiger partial charge in [-0.05, 0) is 37.6 Å². The van der Waals surface area contributed by atoms with Crippen molar-refractivity contribution < 1.29 is 0 Å². The maximum atomic E-state index is 12.5. The van der Waals surface area contributed by atoms with Crippen molar-refractivity contribution >= 4 is 10.9 Å². The number of hydrogen-bond donors (Lipinski definition) is 1. The number of hydrogen-bond acceptors (Lipinski definition) is 2. The van der Waals surface area contributed by atoms with E-state index in [4.69, 9.17) is 0 Å².